The van der Waals surface area contributed by atoms with Gasteiger partial charge < -0.3 is 21.1 Å². The van der Waals surface area contributed by atoms with Crippen molar-refractivity contribution >= 4 is 12.1 Å². The largest absolute Gasteiger partial charge is 0.444 e. The molecule has 19 heavy (non-hydrogen) atoms. The number of amides is 1. The van der Waals surface area contributed by atoms with Gasteiger partial charge in [0.2, 0.25) is 0 Å². The second-order valence-electron chi connectivity index (χ2n) is 5.50. The van der Waals surface area contributed by atoms with E-state index < -0.39 is 11.7 Å². The zero-order chi connectivity index (χ0) is 14.9. The molecule has 0 saturated carbocycles. The fourth-order valence-corrected chi connectivity index (χ4v) is 1.18. The van der Waals surface area contributed by atoms with Gasteiger partial charge in [0.25, 0.3) is 0 Å². The van der Waals surface area contributed by atoms with E-state index in [1.54, 1.807) is 0 Å². The normalized spacial score (nSPS) is 13.8. The van der Waals surface area contributed by atoms with Crippen LogP contribution in [0, 0.1) is 0 Å². The molecule has 0 spiro atoms. The Morgan fingerprint density at radius 3 is 2.58 bits per heavy atom. The van der Waals surface area contributed by atoms with Crippen LogP contribution in [0.1, 0.15) is 47.5 Å². The van der Waals surface area contributed by atoms with Gasteiger partial charge in [0.15, 0.2) is 5.96 Å². The first-order valence-corrected chi connectivity index (χ1v) is 6.78. The molecule has 0 bridgehead atoms. The monoisotopic (exact) mass is 272 g/mol. The Hall–Kier alpha value is -1.46. The van der Waals surface area contributed by atoms with E-state index in [2.05, 4.69) is 22.5 Å². The number of carbonyl (C=O) groups excluding carboxylic acids is 1. The number of guanidine groups is 1. The third kappa shape index (κ3) is 11.4. The number of nitrogens with zero attached hydrogens (tertiary/aromatic N) is 1. The quantitative estimate of drug-likeness (QED) is 0.389. The lowest BCUT2D eigenvalue weighted by molar-refractivity contribution is 0.0527. The van der Waals surface area contributed by atoms with Crippen molar-refractivity contribution in [2.75, 3.05) is 13.1 Å². The van der Waals surface area contributed by atoms with Crippen LogP contribution < -0.4 is 16.4 Å². The van der Waals surface area contributed by atoms with Crippen LogP contribution in [-0.2, 0) is 4.74 Å². The van der Waals surface area contributed by atoms with Crippen LogP contribution in [-0.4, -0.2) is 36.8 Å². The van der Waals surface area contributed by atoms with E-state index in [0.717, 1.165) is 12.8 Å². The van der Waals surface area contributed by atoms with E-state index >= 15 is 0 Å². The molecule has 0 aromatic carbocycles. The van der Waals surface area contributed by atoms with E-state index in [9.17, 15) is 4.79 Å². The molecule has 0 rings (SSSR count). The third-order valence-corrected chi connectivity index (χ3v) is 2.29. The Balaban J connectivity index is 3.70. The predicted octanol–water partition coefficient (Wildman–Crippen LogP) is 1.60. The molecule has 0 fully saturated rings. The van der Waals surface area contributed by atoms with Gasteiger partial charge >= 0.3 is 6.09 Å². The van der Waals surface area contributed by atoms with Crippen molar-refractivity contribution in [1.29, 1.82) is 0 Å². The summed E-state index contributed by atoms with van der Waals surface area (Å²) in [5.41, 5.74) is 5.24. The number of aliphatic imine (C=N–C) groups is 1. The molecule has 0 aliphatic rings. The summed E-state index contributed by atoms with van der Waals surface area (Å²) in [5.74, 6) is 0.451. The van der Waals surface area contributed by atoms with Gasteiger partial charge in [-0.1, -0.05) is 6.92 Å². The van der Waals surface area contributed by atoms with Crippen LogP contribution in [0.4, 0.5) is 4.79 Å². The molecular formula is C13H28N4O2. The average Bonchev–Trinajstić information content (AvgIpc) is 2.25. The molecule has 1 unspecified atom stereocenters. The molecule has 0 saturated heterocycles. The number of nitrogens with two attached hydrogens (primary N) is 1. The second kappa shape index (κ2) is 8.61. The van der Waals surface area contributed by atoms with Crippen molar-refractivity contribution < 1.29 is 9.53 Å². The first kappa shape index (κ1) is 17.5. The Morgan fingerprint density at radius 1 is 1.42 bits per heavy atom. The first-order chi connectivity index (χ1) is 8.74. The van der Waals surface area contributed by atoms with Crippen molar-refractivity contribution in [1.82, 2.24) is 10.6 Å². The van der Waals surface area contributed by atoms with Gasteiger partial charge in [-0.25, -0.2) is 4.79 Å². The number of hydrogen-bond acceptors (Lipinski definition) is 3. The minimum atomic E-state index is -0.465. The van der Waals surface area contributed by atoms with E-state index in [-0.39, 0.29) is 0 Å². The Morgan fingerprint density at radius 2 is 2.05 bits per heavy atom. The van der Waals surface area contributed by atoms with Gasteiger partial charge in [0, 0.05) is 19.1 Å². The van der Waals surface area contributed by atoms with E-state index in [0.29, 0.717) is 25.1 Å². The molecular weight excluding hydrogens is 244 g/mol. The van der Waals surface area contributed by atoms with Crippen molar-refractivity contribution in [2.24, 2.45) is 10.7 Å². The maximum Gasteiger partial charge on any atom is 0.407 e. The van der Waals surface area contributed by atoms with Gasteiger partial charge in [-0.2, -0.15) is 0 Å². The van der Waals surface area contributed by atoms with Crippen LogP contribution in [0.25, 0.3) is 0 Å². The number of rotatable bonds is 6. The fourth-order valence-electron chi connectivity index (χ4n) is 1.18. The summed E-state index contributed by atoms with van der Waals surface area (Å²) < 4.78 is 5.11. The lowest BCUT2D eigenvalue weighted by Gasteiger charge is -2.19. The average molecular weight is 272 g/mol. The summed E-state index contributed by atoms with van der Waals surface area (Å²) in [6, 6.07) is 0.323. The number of alkyl carbamates (subject to hydrolysis) is 1. The minimum absolute atomic E-state index is 0.323. The molecule has 0 radical (unpaired) electrons. The Labute approximate surface area is 116 Å². The van der Waals surface area contributed by atoms with E-state index in [1.165, 1.54) is 0 Å². The molecule has 4 N–H and O–H groups in total. The fraction of sp³-hybridized carbons (Fsp3) is 0.846. The molecule has 0 heterocycles. The molecule has 0 aliphatic carbocycles. The van der Waals surface area contributed by atoms with E-state index in [1.807, 2.05) is 27.7 Å². The second-order valence-corrected chi connectivity index (χ2v) is 5.50. The van der Waals surface area contributed by atoms with Crippen molar-refractivity contribution in [3.8, 4) is 0 Å². The lowest BCUT2D eigenvalue weighted by atomic mass is 10.2. The molecule has 6 heteroatoms. The standard InChI is InChI=1S/C13H28N4O2/c1-6-10(2)17-11(14)15-8-7-9-16-12(18)19-13(3,4)5/h10H,6-9H2,1-5H3,(H,16,18)(H3,14,15,17). The smallest absolute Gasteiger partial charge is 0.407 e. The molecule has 112 valence electrons. The summed E-state index contributed by atoms with van der Waals surface area (Å²) in [6.07, 6.45) is 1.32. The lowest BCUT2D eigenvalue weighted by Crippen LogP contribution is -2.38. The molecule has 0 aromatic heterocycles. The van der Waals surface area contributed by atoms with Crippen molar-refractivity contribution in [3.63, 3.8) is 0 Å². The van der Waals surface area contributed by atoms with Gasteiger partial charge in [0.1, 0.15) is 5.60 Å². The topological polar surface area (TPSA) is 88.7 Å². The minimum Gasteiger partial charge on any atom is -0.444 e. The van der Waals surface area contributed by atoms with Gasteiger partial charge in [-0.3, -0.25) is 4.99 Å². The maximum atomic E-state index is 11.3. The zero-order valence-electron chi connectivity index (χ0n) is 12.7. The number of hydrogen-bond donors (Lipinski definition) is 3. The molecule has 1 atom stereocenters. The molecule has 0 aliphatic heterocycles. The van der Waals surface area contributed by atoms with Crippen molar-refractivity contribution in [3.05, 3.63) is 0 Å². The van der Waals surface area contributed by atoms with Crippen LogP contribution in [0.5, 0.6) is 0 Å². The van der Waals surface area contributed by atoms with Gasteiger partial charge in [-0.15, -0.1) is 0 Å². The third-order valence-electron chi connectivity index (χ3n) is 2.29. The first-order valence-electron chi connectivity index (χ1n) is 6.78. The predicted molar refractivity (Wildman–Crippen MR) is 78.2 cm³/mol. The van der Waals surface area contributed by atoms with Crippen LogP contribution in [0.3, 0.4) is 0 Å². The summed E-state index contributed by atoms with van der Waals surface area (Å²) in [6.45, 7) is 10.7. The number of carbonyl (C=O) groups is 1. The molecule has 6 nitrogen and oxygen atoms in total. The summed E-state index contributed by atoms with van der Waals surface area (Å²) >= 11 is 0. The molecule has 1 amide bonds. The van der Waals surface area contributed by atoms with Crippen LogP contribution >= 0.6 is 0 Å². The highest BCUT2D eigenvalue weighted by molar-refractivity contribution is 5.78. The number of nitrogens with one attached hydrogen (secondary N) is 2. The Kier molecular flexibility index (Phi) is 7.95. The highest BCUT2D eigenvalue weighted by Crippen LogP contribution is 2.06. The Bertz CT molecular complexity index is 298. The summed E-state index contributed by atoms with van der Waals surface area (Å²) in [5, 5.41) is 5.75. The number of ether oxygens (including phenoxy) is 1. The zero-order valence-corrected chi connectivity index (χ0v) is 12.7. The van der Waals surface area contributed by atoms with Crippen LogP contribution in [0.15, 0.2) is 4.99 Å². The van der Waals surface area contributed by atoms with Gasteiger partial charge in [0.05, 0.1) is 0 Å². The van der Waals surface area contributed by atoms with Crippen LogP contribution in [0.2, 0.25) is 0 Å². The van der Waals surface area contributed by atoms with E-state index in [4.69, 9.17) is 10.5 Å². The SMILES string of the molecule is CCC(C)NC(N)=NCCCNC(=O)OC(C)(C)C. The maximum absolute atomic E-state index is 11.3. The summed E-state index contributed by atoms with van der Waals surface area (Å²) in [7, 11) is 0. The highest BCUT2D eigenvalue weighted by atomic mass is 16.6. The van der Waals surface area contributed by atoms with Gasteiger partial charge in [-0.05, 0) is 40.5 Å². The van der Waals surface area contributed by atoms with Crippen molar-refractivity contribution in [2.45, 2.75) is 59.1 Å². The molecule has 0 aromatic rings. The highest BCUT2D eigenvalue weighted by Gasteiger charge is 2.15. The summed E-state index contributed by atoms with van der Waals surface area (Å²) in [4.78, 5) is 15.5.